The molecule has 0 saturated carbocycles. The van der Waals surface area contributed by atoms with Crippen molar-refractivity contribution in [3.05, 3.63) is 83.3 Å². The van der Waals surface area contributed by atoms with Crippen LogP contribution in [0.3, 0.4) is 0 Å². The maximum absolute atomic E-state index is 13.4. The fraction of sp³-hybridized carbons (Fsp3) is 0.346. The van der Waals surface area contributed by atoms with Crippen LogP contribution in [0, 0.1) is 5.41 Å². The Morgan fingerprint density at radius 3 is 2.48 bits per heavy atom. The molecule has 0 N–H and O–H groups in total. The largest absolute Gasteiger partial charge is 0.339 e. The maximum atomic E-state index is 13.4. The molecule has 0 spiro atoms. The molecule has 0 radical (unpaired) electrons. The molecule has 1 aliphatic rings. The third kappa shape index (κ3) is 4.80. The smallest absolute Gasteiger partial charge is 0.256 e. The van der Waals surface area contributed by atoms with E-state index in [9.17, 15) is 4.79 Å². The van der Waals surface area contributed by atoms with Crippen LogP contribution in [0.1, 0.15) is 48.5 Å². The molecule has 3 heterocycles. The molecule has 31 heavy (non-hydrogen) atoms. The second kappa shape index (κ2) is 9.61. The van der Waals surface area contributed by atoms with Gasteiger partial charge in [0.05, 0.1) is 11.3 Å². The Balaban J connectivity index is 1.52. The van der Waals surface area contributed by atoms with Crippen LogP contribution in [-0.4, -0.2) is 33.9 Å². The molecule has 4 rings (SSSR count). The van der Waals surface area contributed by atoms with Crippen molar-refractivity contribution < 1.29 is 4.79 Å². The van der Waals surface area contributed by atoms with Crippen molar-refractivity contribution in [3.8, 4) is 11.3 Å². The summed E-state index contributed by atoms with van der Waals surface area (Å²) in [5, 5.41) is 0.842. The Kier molecular flexibility index (Phi) is 6.67. The quantitative estimate of drug-likeness (QED) is 0.474. The van der Waals surface area contributed by atoms with Gasteiger partial charge < -0.3 is 4.90 Å². The molecule has 0 aliphatic carbocycles. The number of likely N-dealkylation sites (tertiary alicyclic amines) is 1. The van der Waals surface area contributed by atoms with Crippen molar-refractivity contribution >= 4 is 17.5 Å². The predicted molar refractivity (Wildman–Crippen MR) is 125 cm³/mol. The number of rotatable bonds is 6. The number of halogens is 1. The summed E-state index contributed by atoms with van der Waals surface area (Å²) in [5.41, 5.74) is 3.69. The molecular formula is C26H28ClN3O. The Morgan fingerprint density at radius 2 is 1.77 bits per heavy atom. The molecule has 4 nitrogen and oxygen atoms in total. The van der Waals surface area contributed by atoms with Crippen molar-refractivity contribution in [1.82, 2.24) is 14.9 Å². The van der Waals surface area contributed by atoms with Crippen LogP contribution in [-0.2, 0) is 6.42 Å². The van der Waals surface area contributed by atoms with Crippen molar-refractivity contribution in [2.45, 2.75) is 39.0 Å². The second-order valence-corrected chi connectivity index (χ2v) is 8.85. The summed E-state index contributed by atoms with van der Waals surface area (Å²) in [6.07, 6.45) is 10.4. The number of benzene rings is 1. The average molecular weight is 434 g/mol. The summed E-state index contributed by atoms with van der Waals surface area (Å²) < 4.78 is 0. The minimum Gasteiger partial charge on any atom is -0.339 e. The molecule has 2 aromatic heterocycles. The lowest BCUT2D eigenvalue weighted by atomic mass is 9.71. The number of aromatic nitrogens is 2. The lowest BCUT2D eigenvalue weighted by Crippen LogP contribution is -2.44. The van der Waals surface area contributed by atoms with Gasteiger partial charge in [-0.2, -0.15) is 0 Å². The highest BCUT2D eigenvalue weighted by molar-refractivity contribution is 6.31. The number of piperidine rings is 1. The molecule has 1 amide bonds. The molecular weight excluding hydrogens is 406 g/mol. The van der Waals surface area contributed by atoms with Crippen LogP contribution in [0.2, 0.25) is 5.02 Å². The first kappa shape index (κ1) is 21.5. The summed E-state index contributed by atoms with van der Waals surface area (Å²) in [5.74, 6) is 0.0581. The molecule has 1 fully saturated rings. The Hall–Kier alpha value is -2.72. The van der Waals surface area contributed by atoms with Crippen molar-refractivity contribution in [2.24, 2.45) is 5.41 Å². The molecule has 3 aromatic rings. The van der Waals surface area contributed by atoms with E-state index in [1.807, 2.05) is 41.3 Å². The maximum Gasteiger partial charge on any atom is 0.256 e. The predicted octanol–water partition coefficient (Wildman–Crippen LogP) is 6.06. The first-order valence-corrected chi connectivity index (χ1v) is 11.4. The lowest BCUT2D eigenvalue weighted by Gasteiger charge is -2.42. The molecule has 0 bridgehead atoms. The molecule has 1 aliphatic heterocycles. The zero-order valence-corrected chi connectivity index (χ0v) is 18.7. The van der Waals surface area contributed by atoms with E-state index in [0.717, 1.165) is 61.5 Å². The van der Waals surface area contributed by atoms with Gasteiger partial charge in [0.2, 0.25) is 0 Å². The van der Waals surface area contributed by atoms with Crippen LogP contribution < -0.4 is 0 Å². The summed E-state index contributed by atoms with van der Waals surface area (Å²) >= 11 is 6.46. The standard InChI is InChI=1S/C26H28ClN3O/c1-2-11-26(19-21-6-3-4-8-23(21)27)12-17-30(18-13-26)25(31)22-7-5-14-29-24(22)20-9-15-28-16-10-20/h3-10,14-16H,2,11-13,17-19H2,1H3. The monoisotopic (exact) mass is 433 g/mol. The number of nitrogens with zero attached hydrogens (tertiary/aromatic N) is 3. The van der Waals surface area contributed by atoms with Gasteiger partial charge in [-0.15, -0.1) is 0 Å². The van der Waals surface area contributed by atoms with Gasteiger partial charge in [0, 0.05) is 42.3 Å². The van der Waals surface area contributed by atoms with E-state index in [0.29, 0.717) is 5.56 Å². The first-order valence-electron chi connectivity index (χ1n) is 11.0. The van der Waals surface area contributed by atoms with E-state index in [2.05, 4.69) is 29.0 Å². The van der Waals surface area contributed by atoms with E-state index in [1.165, 1.54) is 5.56 Å². The second-order valence-electron chi connectivity index (χ2n) is 8.45. The lowest BCUT2D eigenvalue weighted by molar-refractivity contribution is 0.0555. The van der Waals surface area contributed by atoms with E-state index < -0.39 is 0 Å². The van der Waals surface area contributed by atoms with Crippen LogP contribution in [0.15, 0.2) is 67.1 Å². The SMILES string of the molecule is CCCC1(Cc2ccccc2Cl)CCN(C(=O)c2cccnc2-c2ccncc2)CC1. The Bertz CT molecular complexity index is 1030. The van der Waals surface area contributed by atoms with E-state index in [1.54, 1.807) is 18.6 Å². The van der Waals surface area contributed by atoms with Gasteiger partial charge in [0.1, 0.15) is 0 Å². The van der Waals surface area contributed by atoms with E-state index in [4.69, 9.17) is 11.6 Å². The average Bonchev–Trinajstić information content (AvgIpc) is 2.81. The number of pyridine rings is 2. The number of hydrogen-bond acceptors (Lipinski definition) is 3. The van der Waals surface area contributed by atoms with Gasteiger partial charge in [-0.25, -0.2) is 0 Å². The third-order valence-electron chi connectivity index (χ3n) is 6.41. The number of carbonyl (C=O) groups excluding carboxylic acids is 1. The summed E-state index contributed by atoms with van der Waals surface area (Å²) in [7, 11) is 0. The molecule has 0 atom stereocenters. The van der Waals surface area contributed by atoms with Gasteiger partial charge in [0.25, 0.3) is 5.91 Å². The molecule has 5 heteroatoms. The van der Waals surface area contributed by atoms with Gasteiger partial charge in [-0.3, -0.25) is 14.8 Å². The minimum atomic E-state index is 0.0581. The van der Waals surface area contributed by atoms with Crippen molar-refractivity contribution in [2.75, 3.05) is 13.1 Å². The van der Waals surface area contributed by atoms with Crippen LogP contribution >= 0.6 is 11.6 Å². The molecule has 1 saturated heterocycles. The molecule has 0 unspecified atom stereocenters. The highest BCUT2D eigenvalue weighted by atomic mass is 35.5. The summed E-state index contributed by atoms with van der Waals surface area (Å²) in [6.45, 7) is 3.75. The highest BCUT2D eigenvalue weighted by Gasteiger charge is 2.36. The van der Waals surface area contributed by atoms with E-state index in [-0.39, 0.29) is 11.3 Å². The number of carbonyl (C=O) groups is 1. The van der Waals surface area contributed by atoms with Crippen LogP contribution in [0.25, 0.3) is 11.3 Å². The van der Waals surface area contributed by atoms with Gasteiger partial charge in [-0.05, 0) is 67.0 Å². The first-order chi connectivity index (χ1) is 15.1. The van der Waals surface area contributed by atoms with Crippen LogP contribution in [0.4, 0.5) is 0 Å². The van der Waals surface area contributed by atoms with Gasteiger partial charge >= 0.3 is 0 Å². The zero-order valence-electron chi connectivity index (χ0n) is 17.9. The Morgan fingerprint density at radius 1 is 1.03 bits per heavy atom. The van der Waals surface area contributed by atoms with E-state index >= 15 is 0 Å². The van der Waals surface area contributed by atoms with Crippen molar-refractivity contribution in [1.29, 1.82) is 0 Å². The van der Waals surface area contributed by atoms with Gasteiger partial charge in [0.15, 0.2) is 0 Å². The Labute approximate surface area is 189 Å². The fourth-order valence-electron chi connectivity index (χ4n) is 4.76. The highest BCUT2D eigenvalue weighted by Crippen LogP contribution is 2.41. The number of amides is 1. The topological polar surface area (TPSA) is 46.1 Å². The summed E-state index contributed by atoms with van der Waals surface area (Å²) in [4.78, 5) is 24.0. The van der Waals surface area contributed by atoms with Crippen LogP contribution in [0.5, 0.6) is 0 Å². The van der Waals surface area contributed by atoms with Gasteiger partial charge in [-0.1, -0.05) is 43.1 Å². The van der Waals surface area contributed by atoms with Crippen molar-refractivity contribution in [3.63, 3.8) is 0 Å². The third-order valence-corrected chi connectivity index (χ3v) is 6.78. The normalized spacial score (nSPS) is 15.6. The zero-order chi connectivity index (χ0) is 21.7. The molecule has 160 valence electrons. The number of hydrogen-bond donors (Lipinski definition) is 0. The minimum absolute atomic E-state index is 0.0581. The fourth-order valence-corrected chi connectivity index (χ4v) is 4.97. The molecule has 1 aromatic carbocycles. The summed E-state index contributed by atoms with van der Waals surface area (Å²) in [6, 6.07) is 15.6.